The van der Waals surface area contributed by atoms with E-state index in [1.807, 2.05) is 30.3 Å². The van der Waals surface area contributed by atoms with Crippen molar-refractivity contribution in [2.24, 2.45) is 0 Å². The van der Waals surface area contributed by atoms with Crippen LogP contribution in [0.4, 0.5) is 13.2 Å². The van der Waals surface area contributed by atoms with Crippen LogP contribution in [0.1, 0.15) is 42.5 Å². The van der Waals surface area contributed by atoms with Gasteiger partial charge >= 0.3 is 6.18 Å². The van der Waals surface area contributed by atoms with E-state index in [4.69, 9.17) is 4.74 Å². The summed E-state index contributed by atoms with van der Waals surface area (Å²) in [5.41, 5.74) is 0.281. The second kappa shape index (κ2) is 7.61. The van der Waals surface area contributed by atoms with Crippen LogP contribution in [-0.4, -0.2) is 11.1 Å². The predicted molar refractivity (Wildman–Crippen MR) is 92.0 cm³/mol. The van der Waals surface area contributed by atoms with Gasteiger partial charge in [0.05, 0.1) is 22.9 Å². The molecule has 0 spiro atoms. The molecule has 0 N–H and O–H groups in total. The summed E-state index contributed by atoms with van der Waals surface area (Å²) in [6.07, 6.45) is 2.52. The maximum atomic E-state index is 12.6. The molecule has 0 radical (unpaired) electrons. The molecule has 1 heterocycles. The largest absolute Gasteiger partial charge is 0.490 e. The van der Waals surface area contributed by atoms with Crippen LogP contribution in [-0.2, 0) is 6.18 Å². The van der Waals surface area contributed by atoms with Gasteiger partial charge in [-0.15, -0.1) is 0 Å². The van der Waals surface area contributed by atoms with Gasteiger partial charge in [-0.25, -0.2) is 0 Å². The Balaban J connectivity index is 1.81. The van der Waals surface area contributed by atoms with Crippen molar-refractivity contribution in [2.75, 3.05) is 0 Å². The first-order valence-electron chi connectivity index (χ1n) is 8.38. The molecule has 1 saturated carbocycles. The Kier molecular flexibility index (Phi) is 5.27. The highest BCUT2D eigenvalue weighted by Gasteiger charge is 2.30. The lowest BCUT2D eigenvalue weighted by molar-refractivity contribution is -0.137. The van der Waals surface area contributed by atoms with E-state index in [1.165, 1.54) is 18.9 Å². The van der Waals surface area contributed by atoms with Gasteiger partial charge in [-0.2, -0.15) is 18.4 Å². The lowest BCUT2D eigenvalue weighted by atomic mass is 10.1. The Morgan fingerprint density at radius 1 is 1.19 bits per heavy atom. The van der Waals surface area contributed by atoms with Crippen molar-refractivity contribution < 1.29 is 17.9 Å². The third-order valence-electron chi connectivity index (χ3n) is 4.26. The van der Waals surface area contributed by atoms with Gasteiger partial charge in [0.15, 0.2) is 0 Å². The van der Waals surface area contributed by atoms with Crippen molar-refractivity contribution in [2.45, 2.75) is 38.0 Å². The van der Waals surface area contributed by atoms with E-state index in [0.29, 0.717) is 0 Å². The smallest absolute Gasteiger partial charge is 0.417 e. The van der Waals surface area contributed by atoms with Crippen LogP contribution in [0.3, 0.4) is 0 Å². The molecule has 3 nitrogen and oxygen atoms in total. The van der Waals surface area contributed by atoms with Gasteiger partial charge in [0.2, 0.25) is 0 Å². The summed E-state index contributed by atoms with van der Waals surface area (Å²) >= 11 is 0. The monoisotopic (exact) mass is 358 g/mol. The molecule has 2 aromatic rings. The number of nitrogens with zero attached hydrogens (tertiary/aromatic N) is 2. The highest BCUT2D eigenvalue weighted by molar-refractivity contribution is 5.88. The third-order valence-corrected chi connectivity index (χ3v) is 4.26. The van der Waals surface area contributed by atoms with Gasteiger partial charge in [0.25, 0.3) is 0 Å². The molecule has 0 amide bonds. The number of allylic oxidation sites excluding steroid dienone is 1. The molecule has 1 aromatic carbocycles. The van der Waals surface area contributed by atoms with E-state index in [-0.39, 0.29) is 17.4 Å². The molecule has 26 heavy (non-hydrogen) atoms. The summed E-state index contributed by atoms with van der Waals surface area (Å²) in [5, 5.41) is 9.36. The molecular weight excluding hydrogens is 341 g/mol. The van der Waals surface area contributed by atoms with Gasteiger partial charge in [-0.3, -0.25) is 4.98 Å². The molecule has 134 valence electrons. The number of hydrogen-bond donors (Lipinski definition) is 0. The van der Waals surface area contributed by atoms with Crippen LogP contribution >= 0.6 is 0 Å². The lowest BCUT2D eigenvalue weighted by Crippen LogP contribution is -2.10. The maximum absolute atomic E-state index is 12.6. The fourth-order valence-corrected chi connectivity index (χ4v) is 2.93. The summed E-state index contributed by atoms with van der Waals surface area (Å²) in [5.74, 6) is 0.725. The van der Waals surface area contributed by atoms with Gasteiger partial charge in [0, 0.05) is 6.20 Å². The first-order valence-corrected chi connectivity index (χ1v) is 8.38. The molecule has 0 bridgehead atoms. The Hall–Kier alpha value is -2.81. The van der Waals surface area contributed by atoms with E-state index in [9.17, 15) is 18.4 Å². The number of aromatic nitrogens is 1. The molecule has 0 saturated heterocycles. The van der Waals surface area contributed by atoms with E-state index in [0.717, 1.165) is 36.4 Å². The standard InChI is InChI=1S/C20H17F3N2O/c21-20(22,23)16-8-9-19(25-13-16)15(12-24)10-14-4-3-7-18(11-14)26-17-5-1-2-6-17/h3-4,7-11,13,17H,1-2,5-6H2/b15-10+. The minimum atomic E-state index is -4.45. The van der Waals surface area contributed by atoms with Gasteiger partial charge in [-0.1, -0.05) is 12.1 Å². The molecular formula is C20H17F3N2O. The topological polar surface area (TPSA) is 45.9 Å². The van der Waals surface area contributed by atoms with E-state index in [2.05, 4.69) is 4.98 Å². The minimum Gasteiger partial charge on any atom is -0.490 e. The van der Waals surface area contributed by atoms with E-state index in [1.54, 1.807) is 6.08 Å². The SMILES string of the molecule is N#C/C(=C\c1cccc(OC2CCCC2)c1)c1ccc(C(F)(F)F)cn1. The molecule has 3 rings (SSSR count). The zero-order valence-electron chi connectivity index (χ0n) is 14.0. The van der Waals surface area contributed by atoms with Crippen LogP contribution in [0.25, 0.3) is 11.6 Å². The van der Waals surface area contributed by atoms with Crippen LogP contribution in [0, 0.1) is 11.3 Å². The van der Waals surface area contributed by atoms with Crippen molar-refractivity contribution >= 4 is 11.6 Å². The first-order chi connectivity index (χ1) is 12.5. The van der Waals surface area contributed by atoms with Crippen LogP contribution in [0.15, 0.2) is 42.6 Å². The normalized spacial score (nSPS) is 15.7. The second-order valence-corrected chi connectivity index (χ2v) is 6.20. The lowest BCUT2D eigenvalue weighted by Gasteiger charge is -2.13. The van der Waals surface area contributed by atoms with Gasteiger partial charge in [-0.05, 0) is 61.6 Å². The number of halogens is 3. The molecule has 1 aromatic heterocycles. The van der Waals surface area contributed by atoms with Crippen molar-refractivity contribution in [1.82, 2.24) is 4.98 Å². The summed E-state index contributed by atoms with van der Waals surface area (Å²) in [4.78, 5) is 3.78. The van der Waals surface area contributed by atoms with Crippen LogP contribution in [0.2, 0.25) is 0 Å². The van der Waals surface area contributed by atoms with E-state index >= 15 is 0 Å². The van der Waals surface area contributed by atoms with Crippen LogP contribution in [0.5, 0.6) is 5.75 Å². The molecule has 1 aliphatic rings. The maximum Gasteiger partial charge on any atom is 0.417 e. The summed E-state index contributed by atoms with van der Waals surface area (Å²) in [6.45, 7) is 0. The minimum absolute atomic E-state index is 0.191. The first kappa shape index (κ1) is 18.0. The van der Waals surface area contributed by atoms with Crippen LogP contribution < -0.4 is 4.74 Å². The van der Waals surface area contributed by atoms with Crippen molar-refractivity contribution in [3.05, 3.63) is 59.4 Å². The fraction of sp³-hybridized carbons (Fsp3) is 0.300. The number of alkyl halides is 3. The zero-order chi connectivity index (χ0) is 18.6. The summed E-state index contributed by atoms with van der Waals surface area (Å²) in [6, 6.07) is 11.4. The van der Waals surface area contributed by atoms with Crippen molar-refractivity contribution in [1.29, 1.82) is 5.26 Å². The Labute approximate surface area is 149 Å². The third kappa shape index (κ3) is 4.42. The molecule has 0 atom stereocenters. The van der Waals surface area contributed by atoms with Gasteiger partial charge < -0.3 is 4.74 Å². The quantitative estimate of drug-likeness (QED) is 0.679. The Morgan fingerprint density at radius 2 is 1.96 bits per heavy atom. The fourth-order valence-electron chi connectivity index (χ4n) is 2.93. The van der Waals surface area contributed by atoms with Crippen molar-refractivity contribution in [3.63, 3.8) is 0 Å². The number of hydrogen-bond acceptors (Lipinski definition) is 3. The predicted octanol–water partition coefficient (Wildman–Crippen LogP) is 5.49. The number of pyridine rings is 1. The molecule has 6 heteroatoms. The Morgan fingerprint density at radius 3 is 2.58 bits per heavy atom. The van der Waals surface area contributed by atoms with E-state index < -0.39 is 11.7 Å². The number of nitriles is 1. The average molecular weight is 358 g/mol. The number of ether oxygens (including phenoxy) is 1. The highest BCUT2D eigenvalue weighted by atomic mass is 19.4. The zero-order valence-corrected chi connectivity index (χ0v) is 14.0. The summed E-state index contributed by atoms with van der Waals surface area (Å²) in [7, 11) is 0. The number of rotatable bonds is 4. The van der Waals surface area contributed by atoms with Gasteiger partial charge in [0.1, 0.15) is 11.8 Å². The Bertz CT molecular complexity index is 829. The van der Waals surface area contributed by atoms with Crippen molar-refractivity contribution in [3.8, 4) is 11.8 Å². The average Bonchev–Trinajstić information content (AvgIpc) is 3.12. The highest BCUT2D eigenvalue weighted by Crippen LogP contribution is 2.29. The molecule has 1 fully saturated rings. The molecule has 1 aliphatic carbocycles. The summed E-state index contributed by atoms with van der Waals surface area (Å²) < 4.78 is 43.8. The second-order valence-electron chi connectivity index (χ2n) is 6.20. The number of benzene rings is 1. The molecule has 0 aliphatic heterocycles. The molecule has 0 unspecified atom stereocenters.